The number of carbonyl (C=O) groups is 1. The topological polar surface area (TPSA) is 63.7 Å². The second-order valence-corrected chi connectivity index (χ2v) is 7.96. The number of anilines is 1. The number of carbonyl (C=O) groups excluding carboxylic acids is 1. The van der Waals surface area contributed by atoms with Crippen LogP contribution in [-0.4, -0.2) is 43.9 Å². The molecule has 0 spiro atoms. The summed E-state index contributed by atoms with van der Waals surface area (Å²) < 4.78 is 10.8. The van der Waals surface area contributed by atoms with Crippen LogP contribution in [0.15, 0.2) is 24.3 Å². The fourth-order valence-electron chi connectivity index (χ4n) is 2.67. The van der Waals surface area contributed by atoms with Crippen molar-refractivity contribution < 1.29 is 14.3 Å². The lowest BCUT2D eigenvalue weighted by Gasteiger charge is -2.26. The molecule has 0 aliphatic heterocycles. The standard InChI is InChI=1S/C20H28ClN3O3/c1-13(27-19(25)23-20(2,3)4)15-12-14-8-7-9-16(21)17(14)22-18(15)24(5)10-11-26-6/h7-9,12-13H,10-11H2,1-6H3,(H,23,25)/t13-/m0/s1. The maximum absolute atomic E-state index is 12.2. The van der Waals surface area contributed by atoms with Gasteiger partial charge in [0.05, 0.1) is 17.1 Å². The minimum atomic E-state index is -0.483. The first kappa shape index (κ1) is 21.3. The second-order valence-electron chi connectivity index (χ2n) is 7.55. The summed E-state index contributed by atoms with van der Waals surface area (Å²) in [5, 5.41) is 4.29. The maximum Gasteiger partial charge on any atom is 0.408 e. The number of nitrogens with zero attached hydrogens (tertiary/aromatic N) is 2. The molecule has 1 N–H and O–H groups in total. The van der Waals surface area contributed by atoms with Crippen molar-refractivity contribution in [2.24, 2.45) is 0 Å². The maximum atomic E-state index is 12.2. The van der Waals surface area contributed by atoms with Crippen molar-refractivity contribution in [2.45, 2.75) is 39.3 Å². The summed E-state index contributed by atoms with van der Waals surface area (Å²) in [5.41, 5.74) is 1.16. The Morgan fingerprint density at radius 1 is 1.37 bits per heavy atom. The van der Waals surface area contributed by atoms with Gasteiger partial charge in [-0.15, -0.1) is 0 Å². The predicted molar refractivity (Wildman–Crippen MR) is 110 cm³/mol. The first-order valence-corrected chi connectivity index (χ1v) is 9.28. The van der Waals surface area contributed by atoms with Crippen LogP contribution in [-0.2, 0) is 9.47 Å². The van der Waals surface area contributed by atoms with E-state index in [1.165, 1.54) is 0 Å². The lowest BCUT2D eigenvalue weighted by molar-refractivity contribution is 0.100. The molecular formula is C20H28ClN3O3. The van der Waals surface area contributed by atoms with E-state index in [2.05, 4.69) is 5.32 Å². The number of methoxy groups -OCH3 is 1. The summed E-state index contributed by atoms with van der Waals surface area (Å²) in [4.78, 5) is 18.9. The number of likely N-dealkylation sites (N-methyl/N-ethyl adjacent to an activating group) is 1. The Kier molecular flexibility index (Phi) is 6.89. The zero-order valence-corrected chi connectivity index (χ0v) is 17.6. The van der Waals surface area contributed by atoms with Crippen LogP contribution in [0.5, 0.6) is 0 Å². The van der Waals surface area contributed by atoms with E-state index in [1.54, 1.807) is 7.11 Å². The van der Waals surface area contributed by atoms with Gasteiger partial charge >= 0.3 is 6.09 Å². The summed E-state index contributed by atoms with van der Waals surface area (Å²) in [6.45, 7) is 8.75. The molecule has 0 unspecified atom stereocenters. The van der Waals surface area contributed by atoms with E-state index in [1.807, 2.05) is 63.9 Å². The normalized spacial score (nSPS) is 12.7. The van der Waals surface area contributed by atoms with Gasteiger partial charge in [0.2, 0.25) is 0 Å². The van der Waals surface area contributed by atoms with Crippen LogP contribution >= 0.6 is 11.6 Å². The smallest absolute Gasteiger partial charge is 0.408 e. The number of ether oxygens (including phenoxy) is 2. The molecule has 6 nitrogen and oxygen atoms in total. The third-order valence-corrected chi connectivity index (χ3v) is 4.30. The Balaban J connectivity index is 2.41. The lowest BCUT2D eigenvalue weighted by atomic mass is 10.1. The van der Waals surface area contributed by atoms with Crippen molar-refractivity contribution in [3.63, 3.8) is 0 Å². The van der Waals surface area contributed by atoms with Gasteiger partial charge in [-0.1, -0.05) is 23.7 Å². The number of hydrogen-bond acceptors (Lipinski definition) is 5. The molecule has 0 saturated carbocycles. The average molecular weight is 394 g/mol. The van der Waals surface area contributed by atoms with Crippen molar-refractivity contribution in [2.75, 3.05) is 32.2 Å². The van der Waals surface area contributed by atoms with Gasteiger partial charge < -0.3 is 19.7 Å². The molecule has 1 aromatic heterocycles. The number of amides is 1. The lowest BCUT2D eigenvalue weighted by Crippen LogP contribution is -2.41. The number of alkyl carbamates (subject to hydrolysis) is 1. The van der Waals surface area contributed by atoms with Crippen LogP contribution in [0.2, 0.25) is 5.02 Å². The number of benzene rings is 1. The van der Waals surface area contributed by atoms with Crippen molar-refractivity contribution in [1.82, 2.24) is 10.3 Å². The SMILES string of the molecule is COCCN(C)c1nc2c(Cl)cccc2cc1[C@H](C)OC(=O)NC(C)(C)C. The van der Waals surface area contributed by atoms with Gasteiger partial charge in [-0.2, -0.15) is 0 Å². The van der Waals surface area contributed by atoms with Crippen LogP contribution in [0.4, 0.5) is 10.6 Å². The molecule has 27 heavy (non-hydrogen) atoms. The monoisotopic (exact) mass is 393 g/mol. The highest BCUT2D eigenvalue weighted by atomic mass is 35.5. The minimum absolute atomic E-state index is 0.371. The van der Waals surface area contributed by atoms with Gasteiger partial charge in [-0.05, 0) is 39.8 Å². The number of nitrogens with one attached hydrogen (secondary N) is 1. The molecule has 1 heterocycles. The van der Waals surface area contributed by atoms with Gasteiger partial charge in [-0.25, -0.2) is 9.78 Å². The number of halogens is 1. The molecule has 1 aromatic carbocycles. The van der Waals surface area contributed by atoms with Gasteiger partial charge in [0.1, 0.15) is 11.9 Å². The van der Waals surface area contributed by atoms with Crippen LogP contribution in [0.1, 0.15) is 39.4 Å². The van der Waals surface area contributed by atoms with E-state index in [-0.39, 0.29) is 5.54 Å². The molecule has 0 aliphatic carbocycles. The quantitative estimate of drug-likeness (QED) is 0.779. The molecule has 2 rings (SSSR count). The first-order valence-electron chi connectivity index (χ1n) is 8.90. The summed E-state index contributed by atoms with van der Waals surface area (Å²) in [7, 11) is 3.58. The summed E-state index contributed by atoms with van der Waals surface area (Å²) >= 11 is 6.33. The van der Waals surface area contributed by atoms with Crippen LogP contribution in [0, 0.1) is 0 Å². The molecule has 0 bridgehead atoms. The average Bonchev–Trinajstić information content (AvgIpc) is 2.57. The molecular weight excluding hydrogens is 366 g/mol. The van der Waals surface area contributed by atoms with Crippen LogP contribution in [0.3, 0.4) is 0 Å². The molecule has 0 saturated heterocycles. The molecule has 0 aliphatic rings. The Morgan fingerprint density at radius 2 is 2.07 bits per heavy atom. The van der Waals surface area contributed by atoms with Gasteiger partial charge in [0.15, 0.2) is 0 Å². The highest BCUT2D eigenvalue weighted by Crippen LogP contribution is 2.32. The molecule has 1 atom stereocenters. The van der Waals surface area contributed by atoms with E-state index >= 15 is 0 Å². The first-order chi connectivity index (χ1) is 12.6. The van der Waals surface area contributed by atoms with E-state index in [0.29, 0.717) is 29.5 Å². The second kappa shape index (κ2) is 8.76. The molecule has 148 valence electrons. The number of aromatic nitrogens is 1. The Morgan fingerprint density at radius 3 is 2.70 bits per heavy atom. The van der Waals surface area contributed by atoms with Gasteiger partial charge in [0, 0.05) is 37.2 Å². The number of hydrogen-bond donors (Lipinski definition) is 1. The molecule has 2 aromatic rings. The number of para-hydroxylation sites is 1. The summed E-state index contributed by atoms with van der Waals surface area (Å²) in [6.07, 6.45) is -0.949. The predicted octanol–water partition coefficient (Wildman–Crippen LogP) is 4.56. The highest BCUT2D eigenvalue weighted by molar-refractivity contribution is 6.35. The molecule has 7 heteroatoms. The van der Waals surface area contributed by atoms with Crippen molar-refractivity contribution >= 4 is 34.4 Å². The number of pyridine rings is 1. The van der Waals surface area contributed by atoms with E-state index in [4.69, 9.17) is 26.1 Å². The molecule has 1 amide bonds. The Hall–Kier alpha value is -2.05. The zero-order chi connectivity index (χ0) is 20.2. The number of rotatable bonds is 6. The summed E-state index contributed by atoms with van der Waals surface area (Å²) in [5.74, 6) is 0.712. The van der Waals surface area contributed by atoms with Crippen molar-refractivity contribution in [1.29, 1.82) is 0 Å². The van der Waals surface area contributed by atoms with E-state index in [0.717, 1.165) is 10.9 Å². The van der Waals surface area contributed by atoms with Gasteiger partial charge in [0.25, 0.3) is 0 Å². The summed E-state index contributed by atoms with van der Waals surface area (Å²) in [6, 6.07) is 7.61. The van der Waals surface area contributed by atoms with Crippen molar-refractivity contribution in [3.05, 3.63) is 34.9 Å². The van der Waals surface area contributed by atoms with Crippen molar-refractivity contribution in [3.8, 4) is 0 Å². The van der Waals surface area contributed by atoms with Gasteiger partial charge in [-0.3, -0.25) is 0 Å². The van der Waals surface area contributed by atoms with E-state index < -0.39 is 12.2 Å². The molecule has 0 fully saturated rings. The highest BCUT2D eigenvalue weighted by Gasteiger charge is 2.22. The molecule has 0 radical (unpaired) electrons. The van der Waals surface area contributed by atoms with Crippen LogP contribution < -0.4 is 10.2 Å². The Bertz CT molecular complexity index is 805. The zero-order valence-electron chi connectivity index (χ0n) is 16.8. The van der Waals surface area contributed by atoms with Crippen LogP contribution in [0.25, 0.3) is 10.9 Å². The third kappa shape index (κ3) is 5.71. The minimum Gasteiger partial charge on any atom is -0.442 e. The van der Waals surface area contributed by atoms with E-state index in [9.17, 15) is 4.79 Å². The fraction of sp³-hybridized carbons (Fsp3) is 0.500. The Labute approximate surface area is 165 Å². The largest absolute Gasteiger partial charge is 0.442 e. The third-order valence-electron chi connectivity index (χ3n) is 4.00. The number of fused-ring (bicyclic) bond motifs is 1. The fourth-order valence-corrected chi connectivity index (χ4v) is 2.89.